The van der Waals surface area contributed by atoms with Gasteiger partial charge in [0.15, 0.2) is 5.96 Å². The molecule has 1 aliphatic rings. The minimum atomic E-state index is 0.827. The minimum Gasteiger partial charge on any atom is -0.357 e. The van der Waals surface area contributed by atoms with E-state index in [1.165, 1.54) is 18.4 Å². The van der Waals surface area contributed by atoms with Crippen LogP contribution >= 0.6 is 11.6 Å². The highest BCUT2D eigenvalue weighted by Gasteiger charge is 2.20. The standard InChI is InChI=1S/C16H24ClN3/c1-2-18-16(20-12-13-9-10-13)19-11-5-7-14-6-3-4-8-15(14)17/h3-4,6,8,13H,2,5,7,9-12H2,1H3,(H2,18,19,20). The number of rotatable bonds is 7. The third-order valence-corrected chi connectivity index (χ3v) is 3.79. The van der Waals surface area contributed by atoms with E-state index in [1.54, 1.807) is 0 Å². The molecule has 1 saturated carbocycles. The Hall–Kier alpha value is -1.22. The van der Waals surface area contributed by atoms with Crippen molar-refractivity contribution in [3.63, 3.8) is 0 Å². The molecule has 0 unspecified atom stereocenters. The van der Waals surface area contributed by atoms with Crippen LogP contribution in [0.5, 0.6) is 0 Å². The van der Waals surface area contributed by atoms with Crippen LogP contribution in [0.2, 0.25) is 5.02 Å². The number of nitrogens with zero attached hydrogens (tertiary/aromatic N) is 1. The molecule has 0 saturated heterocycles. The molecular formula is C16H24ClN3. The average Bonchev–Trinajstić information content (AvgIpc) is 3.26. The topological polar surface area (TPSA) is 36.4 Å². The van der Waals surface area contributed by atoms with E-state index in [1.807, 2.05) is 18.2 Å². The predicted octanol–water partition coefficient (Wildman–Crippen LogP) is 3.24. The van der Waals surface area contributed by atoms with Gasteiger partial charge in [-0.3, -0.25) is 4.99 Å². The van der Waals surface area contributed by atoms with Crippen LogP contribution in [0, 0.1) is 5.92 Å². The molecule has 1 aromatic carbocycles. The van der Waals surface area contributed by atoms with Gasteiger partial charge in [0.2, 0.25) is 0 Å². The zero-order valence-electron chi connectivity index (χ0n) is 12.2. The first-order chi connectivity index (χ1) is 9.79. The van der Waals surface area contributed by atoms with Crippen molar-refractivity contribution in [2.75, 3.05) is 19.6 Å². The molecule has 0 heterocycles. The summed E-state index contributed by atoms with van der Waals surface area (Å²) in [4.78, 5) is 4.61. The van der Waals surface area contributed by atoms with Crippen LogP contribution in [0.15, 0.2) is 29.3 Å². The molecule has 1 aromatic rings. The molecule has 1 fully saturated rings. The zero-order chi connectivity index (χ0) is 14.2. The number of aryl methyl sites for hydroxylation is 1. The lowest BCUT2D eigenvalue weighted by Gasteiger charge is -2.11. The predicted molar refractivity (Wildman–Crippen MR) is 86.5 cm³/mol. The molecular weight excluding hydrogens is 270 g/mol. The van der Waals surface area contributed by atoms with Gasteiger partial charge >= 0.3 is 0 Å². The van der Waals surface area contributed by atoms with E-state index >= 15 is 0 Å². The highest BCUT2D eigenvalue weighted by Crippen LogP contribution is 2.28. The van der Waals surface area contributed by atoms with Gasteiger partial charge in [-0.2, -0.15) is 0 Å². The molecule has 0 spiro atoms. The van der Waals surface area contributed by atoms with Crippen molar-refractivity contribution in [1.29, 1.82) is 0 Å². The van der Waals surface area contributed by atoms with Gasteiger partial charge in [0, 0.05) is 24.7 Å². The Bertz CT molecular complexity index is 441. The number of guanidine groups is 1. The first kappa shape index (κ1) is 15.2. The van der Waals surface area contributed by atoms with Crippen molar-refractivity contribution in [3.8, 4) is 0 Å². The maximum absolute atomic E-state index is 6.15. The number of aliphatic imine (C=N–C) groups is 1. The highest BCUT2D eigenvalue weighted by molar-refractivity contribution is 6.31. The molecule has 0 aromatic heterocycles. The van der Waals surface area contributed by atoms with Crippen LogP contribution in [0.1, 0.15) is 31.7 Å². The smallest absolute Gasteiger partial charge is 0.191 e. The van der Waals surface area contributed by atoms with Crippen LogP contribution in [-0.2, 0) is 6.42 Å². The number of hydrogen-bond acceptors (Lipinski definition) is 1. The maximum atomic E-state index is 6.15. The van der Waals surface area contributed by atoms with E-state index in [9.17, 15) is 0 Å². The molecule has 4 heteroatoms. The van der Waals surface area contributed by atoms with Gasteiger partial charge in [-0.1, -0.05) is 29.8 Å². The summed E-state index contributed by atoms with van der Waals surface area (Å²) in [6.45, 7) is 4.88. The van der Waals surface area contributed by atoms with Gasteiger partial charge in [0.25, 0.3) is 0 Å². The zero-order valence-corrected chi connectivity index (χ0v) is 12.9. The molecule has 3 nitrogen and oxygen atoms in total. The third kappa shape index (κ3) is 5.41. The fourth-order valence-corrected chi connectivity index (χ4v) is 2.28. The normalized spacial score (nSPS) is 15.2. The number of halogens is 1. The van der Waals surface area contributed by atoms with Gasteiger partial charge < -0.3 is 10.6 Å². The van der Waals surface area contributed by atoms with Crippen LogP contribution in [0.25, 0.3) is 0 Å². The van der Waals surface area contributed by atoms with Crippen molar-refractivity contribution in [3.05, 3.63) is 34.9 Å². The number of benzene rings is 1. The van der Waals surface area contributed by atoms with Crippen molar-refractivity contribution in [1.82, 2.24) is 10.6 Å². The summed E-state index contributed by atoms with van der Waals surface area (Å²) in [6, 6.07) is 8.05. The summed E-state index contributed by atoms with van der Waals surface area (Å²) in [5.74, 6) is 1.77. The second kappa shape index (κ2) is 8.15. The lowest BCUT2D eigenvalue weighted by molar-refractivity contribution is 0.736. The van der Waals surface area contributed by atoms with E-state index in [0.29, 0.717) is 0 Å². The Labute approximate surface area is 126 Å². The third-order valence-electron chi connectivity index (χ3n) is 3.42. The van der Waals surface area contributed by atoms with Crippen LogP contribution in [0.4, 0.5) is 0 Å². The minimum absolute atomic E-state index is 0.827. The molecule has 20 heavy (non-hydrogen) atoms. The van der Waals surface area contributed by atoms with E-state index < -0.39 is 0 Å². The molecule has 0 radical (unpaired) electrons. The molecule has 0 atom stereocenters. The summed E-state index contributed by atoms with van der Waals surface area (Å²) in [6.07, 6.45) is 4.73. The molecule has 110 valence electrons. The van der Waals surface area contributed by atoms with E-state index in [2.05, 4.69) is 28.6 Å². The molecule has 0 aliphatic heterocycles. The van der Waals surface area contributed by atoms with Gasteiger partial charge in [-0.15, -0.1) is 0 Å². The summed E-state index contributed by atoms with van der Waals surface area (Å²) in [5, 5.41) is 7.54. The monoisotopic (exact) mass is 293 g/mol. The quantitative estimate of drug-likeness (QED) is 0.460. The summed E-state index contributed by atoms with van der Waals surface area (Å²) in [7, 11) is 0. The first-order valence-corrected chi connectivity index (χ1v) is 7.93. The molecule has 2 rings (SSSR count). The fourth-order valence-electron chi connectivity index (χ4n) is 2.05. The Morgan fingerprint density at radius 1 is 1.30 bits per heavy atom. The van der Waals surface area contributed by atoms with Crippen LogP contribution < -0.4 is 10.6 Å². The van der Waals surface area contributed by atoms with E-state index in [4.69, 9.17) is 11.6 Å². The van der Waals surface area contributed by atoms with Gasteiger partial charge in [0.1, 0.15) is 0 Å². The Kier molecular flexibility index (Phi) is 6.19. The summed E-state index contributed by atoms with van der Waals surface area (Å²) >= 11 is 6.15. The summed E-state index contributed by atoms with van der Waals surface area (Å²) < 4.78 is 0. The Morgan fingerprint density at radius 3 is 2.80 bits per heavy atom. The maximum Gasteiger partial charge on any atom is 0.191 e. The average molecular weight is 294 g/mol. The van der Waals surface area contributed by atoms with Gasteiger partial charge in [-0.05, 0) is 50.2 Å². The van der Waals surface area contributed by atoms with Crippen molar-refractivity contribution in [2.45, 2.75) is 32.6 Å². The van der Waals surface area contributed by atoms with Crippen molar-refractivity contribution >= 4 is 17.6 Å². The van der Waals surface area contributed by atoms with Crippen LogP contribution in [0.3, 0.4) is 0 Å². The largest absolute Gasteiger partial charge is 0.357 e. The molecule has 1 aliphatic carbocycles. The van der Waals surface area contributed by atoms with E-state index in [-0.39, 0.29) is 0 Å². The van der Waals surface area contributed by atoms with Crippen LogP contribution in [-0.4, -0.2) is 25.6 Å². The van der Waals surface area contributed by atoms with Gasteiger partial charge in [0.05, 0.1) is 0 Å². The molecule has 0 bridgehead atoms. The summed E-state index contributed by atoms with van der Waals surface area (Å²) in [5.41, 5.74) is 1.22. The lowest BCUT2D eigenvalue weighted by atomic mass is 10.1. The molecule has 0 amide bonds. The first-order valence-electron chi connectivity index (χ1n) is 7.55. The second-order valence-corrected chi connectivity index (χ2v) is 5.69. The second-order valence-electron chi connectivity index (χ2n) is 5.28. The molecule has 2 N–H and O–H groups in total. The Balaban J connectivity index is 1.69. The SMILES string of the molecule is CCNC(=NCC1CC1)NCCCc1ccccc1Cl. The van der Waals surface area contributed by atoms with Crippen molar-refractivity contribution in [2.24, 2.45) is 10.9 Å². The highest BCUT2D eigenvalue weighted by atomic mass is 35.5. The fraction of sp³-hybridized carbons (Fsp3) is 0.562. The van der Waals surface area contributed by atoms with Crippen molar-refractivity contribution < 1.29 is 0 Å². The number of hydrogen-bond donors (Lipinski definition) is 2. The van der Waals surface area contributed by atoms with E-state index in [0.717, 1.165) is 49.4 Å². The Morgan fingerprint density at radius 2 is 2.10 bits per heavy atom. The number of nitrogens with one attached hydrogen (secondary N) is 2. The van der Waals surface area contributed by atoms with Gasteiger partial charge in [-0.25, -0.2) is 0 Å². The lowest BCUT2D eigenvalue weighted by Crippen LogP contribution is -2.38.